The number of esters is 1. The van der Waals surface area contributed by atoms with Crippen LogP contribution in [0.5, 0.6) is 0 Å². The molecule has 5 nitrogen and oxygen atoms in total. The van der Waals surface area contributed by atoms with Gasteiger partial charge in [-0.05, 0) is 25.1 Å². The lowest BCUT2D eigenvalue weighted by atomic mass is 10.1. The van der Waals surface area contributed by atoms with Gasteiger partial charge in [-0.3, -0.25) is 9.59 Å². The molecule has 0 fully saturated rings. The fourth-order valence-corrected chi connectivity index (χ4v) is 4.62. The summed E-state index contributed by atoms with van der Waals surface area (Å²) < 4.78 is 6.51. The second-order valence-corrected chi connectivity index (χ2v) is 8.49. The van der Waals surface area contributed by atoms with Gasteiger partial charge in [0.25, 0.3) is 5.91 Å². The lowest BCUT2D eigenvalue weighted by Crippen LogP contribution is -2.25. The SMILES string of the molecule is CC(=O)c1cccc(NC(=O)[C@H](OC(=O)c2sc3ccccc3c2Cl)c2ccccc2)c1. The Hall–Kier alpha value is -3.48. The molecule has 7 heteroatoms. The predicted molar refractivity (Wildman–Crippen MR) is 127 cm³/mol. The van der Waals surface area contributed by atoms with Crippen molar-refractivity contribution in [2.75, 3.05) is 5.32 Å². The van der Waals surface area contributed by atoms with Gasteiger partial charge >= 0.3 is 5.97 Å². The van der Waals surface area contributed by atoms with Crippen LogP contribution in [0.1, 0.15) is 38.6 Å². The molecule has 0 bridgehead atoms. The Labute approximate surface area is 193 Å². The number of ketones is 1. The van der Waals surface area contributed by atoms with Crippen molar-refractivity contribution >= 4 is 56.4 Å². The fourth-order valence-electron chi connectivity index (χ4n) is 3.23. The van der Waals surface area contributed by atoms with E-state index in [1.165, 1.54) is 18.3 Å². The molecule has 0 unspecified atom stereocenters. The number of benzene rings is 3. The highest BCUT2D eigenvalue weighted by atomic mass is 35.5. The van der Waals surface area contributed by atoms with Gasteiger partial charge in [0, 0.05) is 26.9 Å². The van der Waals surface area contributed by atoms with E-state index in [0.717, 1.165) is 10.1 Å². The Balaban J connectivity index is 1.63. The van der Waals surface area contributed by atoms with Crippen LogP contribution in [0.4, 0.5) is 5.69 Å². The predicted octanol–water partition coefficient (Wildman–Crippen LogP) is 6.29. The number of hydrogen-bond acceptors (Lipinski definition) is 5. The van der Waals surface area contributed by atoms with E-state index in [2.05, 4.69) is 5.32 Å². The highest BCUT2D eigenvalue weighted by molar-refractivity contribution is 7.21. The quantitative estimate of drug-likeness (QED) is 0.269. The number of ether oxygens (including phenoxy) is 1. The Kier molecular flexibility index (Phi) is 6.35. The number of anilines is 1. The Morgan fingerprint density at radius 2 is 1.66 bits per heavy atom. The third-order valence-electron chi connectivity index (χ3n) is 4.82. The Morgan fingerprint density at radius 3 is 2.38 bits per heavy atom. The molecule has 1 aromatic heterocycles. The second kappa shape index (κ2) is 9.34. The van der Waals surface area contributed by atoms with Crippen LogP contribution in [0, 0.1) is 0 Å². The minimum absolute atomic E-state index is 0.119. The first-order valence-electron chi connectivity index (χ1n) is 9.79. The number of fused-ring (bicyclic) bond motifs is 1. The number of carbonyl (C=O) groups excluding carboxylic acids is 3. The van der Waals surface area contributed by atoms with Gasteiger partial charge in [-0.1, -0.05) is 72.3 Å². The van der Waals surface area contributed by atoms with Gasteiger partial charge in [-0.25, -0.2) is 4.79 Å². The zero-order valence-electron chi connectivity index (χ0n) is 17.0. The molecule has 0 spiro atoms. The minimum Gasteiger partial charge on any atom is -0.443 e. The standard InChI is InChI=1S/C25H18ClNO4S/c1-15(28)17-10-7-11-18(14-17)27-24(29)22(16-8-3-2-4-9-16)31-25(30)23-21(26)19-12-5-6-13-20(19)32-23/h2-14,22H,1H3,(H,27,29)/t22-/m1/s1. The van der Waals surface area contributed by atoms with E-state index in [1.54, 1.807) is 54.6 Å². The zero-order chi connectivity index (χ0) is 22.7. The van der Waals surface area contributed by atoms with Crippen molar-refractivity contribution in [3.63, 3.8) is 0 Å². The van der Waals surface area contributed by atoms with E-state index in [-0.39, 0.29) is 10.7 Å². The molecule has 1 heterocycles. The van der Waals surface area contributed by atoms with E-state index < -0.39 is 18.0 Å². The maximum Gasteiger partial charge on any atom is 0.351 e. The van der Waals surface area contributed by atoms with E-state index in [9.17, 15) is 14.4 Å². The highest BCUT2D eigenvalue weighted by Crippen LogP contribution is 2.36. The van der Waals surface area contributed by atoms with Crippen LogP contribution in [-0.4, -0.2) is 17.7 Å². The van der Waals surface area contributed by atoms with Crippen molar-refractivity contribution in [2.45, 2.75) is 13.0 Å². The fraction of sp³-hybridized carbons (Fsp3) is 0.0800. The Morgan fingerprint density at radius 1 is 0.938 bits per heavy atom. The van der Waals surface area contributed by atoms with Crippen LogP contribution in [-0.2, 0) is 9.53 Å². The molecule has 1 atom stereocenters. The molecule has 4 aromatic rings. The maximum atomic E-state index is 13.1. The smallest absolute Gasteiger partial charge is 0.351 e. The van der Waals surface area contributed by atoms with Crippen molar-refractivity contribution in [1.82, 2.24) is 0 Å². The van der Waals surface area contributed by atoms with Crippen LogP contribution in [0.15, 0.2) is 78.9 Å². The molecule has 0 radical (unpaired) electrons. The topological polar surface area (TPSA) is 72.5 Å². The molecule has 3 aromatic carbocycles. The summed E-state index contributed by atoms with van der Waals surface area (Å²) in [5.41, 5.74) is 1.41. The van der Waals surface area contributed by atoms with Crippen molar-refractivity contribution in [3.05, 3.63) is 99.9 Å². The van der Waals surface area contributed by atoms with E-state index >= 15 is 0 Å². The summed E-state index contributed by atoms with van der Waals surface area (Å²) in [7, 11) is 0. The van der Waals surface area contributed by atoms with Gasteiger partial charge in [-0.2, -0.15) is 0 Å². The van der Waals surface area contributed by atoms with Crippen molar-refractivity contribution in [1.29, 1.82) is 0 Å². The first-order chi connectivity index (χ1) is 15.4. The number of thiophene rings is 1. The first kappa shape index (κ1) is 21.7. The van der Waals surface area contributed by atoms with Crippen LogP contribution in [0.3, 0.4) is 0 Å². The highest BCUT2D eigenvalue weighted by Gasteiger charge is 2.28. The van der Waals surface area contributed by atoms with Crippen LogP contribution in [0.25, 0.3) is 10.1 Å². The van der Waals surface area contributed by atoms with Crippen LogP contribution < -0.4 is 5.32 Å². The van der Waals surface area contributed by atoms with Gasteiger partial charge in [0.2, 0.25) is 6.10 Å². The summed E-state index contributed by atoms with van der Waals surface area (Å²) in [5, 5.41) is 3.80. The summed E-state index contributed by atoms with van der Waals surface area (Å²) >= 11 is 7.63. The zero-order valence-corrected chi connectivity index (χ0v) is 18.6. The molecule has 1 amide bonds. The van der Waals surface area contributed by atoms with Gasteiger partial charge in [0.05, 0.1) is 5.02 Å². The average Bonchev–Trinajstić information content (AvgIpc) is 3.15. The van der Waals surface area contributed by atoms with Gasteiger partial charge in [0.15, 0.2) is 5.78 Å². The van der Waals surface area contributed by atoms with Crippen molar-refractivity contribution in [2.24, 2.45) is 0 Å². The minimum atomic E-state index is -1.20. The lowest BCUT2D eigenvalue weighted by Gasteiger charge is -2.18. The molecule has 160 valence electrons. The summed E-state index contributed by atoms with van der Waals surface area (Å²) in [4.78, 5) is 38.0. The Bertz CT molecular complexity index is 1320. The summed E-state index contributed by atoms with van der Waals surface area (Å²) in [6, 6.07) is 22.7. The second-order valence-electron chi connectivity index (χ2n) is 7.06. The lowest BCUT2D eigenvalue weighted by molar-refractivity contribution is -0.125. The van der Waals surface area contributed by atoms with Crippen molar-refractivity contribution < 1.29 is 19.1 Å². The van der Waals surface area contributed by atoms with Crippen LogP contribution in [0.2, 0.25) is 5.02 Å². The molecular formula is C25H18ClNO4S. The number of carbonyl (C=O) groups is 3. The van der Waals surface area contributed by atoms with Crippen molar-refractivity contribution in [3.8, 4) is 0 Å². The third kappa shape index (κ3) is 4.56. The molecule has 0 saturated heterocycles. The molecule has 0 aliphatic heterocycles. The number of hydrogen-bond donors (Lipinski definition) is 1. The van der Waals surface area contributed by atoms with E-state index in [4.69, 9.17) is 16.3 Å². The van der Waals surface area contributed by atoms with E-state index in [0.29, 0.717) is 21.8 Å². The van der Waals surface area contributed by atoms with E-state index in [1.807, 2.05) is 24.3 Å². The van der Waals surface area contributed by atoms with Gasteiger partial charge in [0.1, 0.15) is 4.88 Å². The number of rotatable bonds is 6. The number of amides is 1. The molecular weight excluding hydrogens is 446 g/mol. The molecule has 1 N–H and O–H groups in total. The number of Topliss-reactive ketones (excluding diaryl/α,β-unsaturated/α-hetero) is 1. The van der Waals surface area contributed by atoms with Crippen LogP contribution >= 0.6 is 22.9 Å². The maximum absolute atomic E-state index is 13.1. The van der Waals surface area contributed by atoms with Gasteiger partial charge < -0.3 is 10.1 Å². The summed E-state index contributed by atoms with van der Waals surface area (Å²) in [6.45, 7) is 1.45. The first-order valence-corrected chi connectivity index (χ1v) is 11.0. The summed E-state index contributed by atoms with van der Waals surface area (Å²) in [5.74, 6) is -1.34. The molecule has 4 rings (SSSR count). The summed E-state index contributed by atoms with van der Waals surface area (Å²) in [6.07, 6.45) is -1.20. The normalized spacial score (nSPS) is 11.7. The molecule has 0 saturated carbocycles. The average molecular weight is 464 g/mol. The third-order valence-corrected chi connectivity index (χ3v) is 6.48. The van der Waals surface area contributed by atoms with Gasteiger partial charge in [-0.15, -0.1) is 11.3 Å². The number of halogens is 1. The number of nitrogens with one attached hydrogen (secondary N) is 1. The molecule has 32 heavy (non-hydrogen) atoms. The molecule has 0 aliphatic carbocycles. The largest absolute Gasteiger partial charge is 0.443 e. The monoisotopic (exact) mass is 463 g/mol. The molecule has 0 aliphatic rings.